The molecule has 1 aromatic rings. The highest BCUT2D eigenvalue weighted by atomic mass is 16.4. The van der Waals surface area contributed by atoms with Gasteiger partial charge >= 0.3 is 11.9 Å². The third-order valence-electron chi connectivity index (χ3n) is 3.70. The largest absolute Gasteiger partial charge is 0.473 e. The molecule has 0 atom stereocenters. The molecule has 132 valence electrons. The Bertz CT molecular complexity index is 583. The minimum atomic E-state index is -1.82. The molecule has 24 heavy (non-hydrogen) atoms. The van der Waals surface area contributed by atoms with Gasteiger partial charge in [0, 0.05) is 18.7 Å². The Labute approximate surface area is 141 Å². The van der Waals surface area contributed by atoms with Gasteiger partial charge in [0.2, 0.25) is 5.91 Å². The molecule has 7 heteroatoms. The summed E-state index contributed by atoms with van der Waals surface area (Å²) in [5.41, 5.74) is 3.24. The fourth-order valence-electron chi connectivity index (χ4n) is 2.35. The molecule has 1 aromatic carbocycles. The van der Waals surface area contributed by atoms with Crippen molar-refractivity contribution in [3.05, 3.63) is 29.3 Å². The number of aryl methyl sites for hydroxylation is 2. The zero-order valence-electron chi connectivity index (χ0n) is 14.0. The molecule has 1 fully saturated rings. The smallest absolute Gasteiger partial charge is 0.414 e. The first-order valence-corrected chi connectivity index (χ1v) is 7.85. The number of carbonyl (C=O) groups excluding carboxylic acids is 1. The number of carboxylic acid groups (broad SMARTS) is 2. The molecule has 0 unspecified atom stereocenters. The van der Waals surface area contributed by atoms with E-state index in [-0.39, 0.29) is 5.91 Å². The van der Waals surface area contributed by atoms with Crippen molar-refractivity contribution in [2.24, 2.45) is 0 Å². The lowest BCUT2D eigenvalue weighted by Gasteiger charge is -2.14. The van der Waals surface area contributed by atoms with E-state index in [4.69, 9.17) is 19.8 Å². The van der Waals surface area contributed by atoms with E-state index in [2.05, 4.69) is 16.3 Å². The Balaban J connectivity index is 0.000000413. The highest BCUT2D eigenvalue weighted by Gasteiger charge is 2.13. The van der Waals surface area contributed by atoms with E-state index in [0.29, 0.717) is 6.42 Å². The number of nitrogens with zero attached hydrogens (tertiary/aromatic N) is 1. The van der Waals surface area contributed by atoms with Crippen LogP contribution < -0.4 is 5.32 Å². The summed E-state index contributed by atoms with van der Waals surface area (Å²) in [5, 5.41) is 17.8. The van der Waals surface area contributed by atoms with Gasteiger partial charge in [-0.2, -0.15) is 0 Å². The topological polar surface area (TPSA) is 107 Å². The number of amides is 1. The Kier molecular flexibility index (Phi) is 7.91. The summed E-state index contributed by atoms with van der Waals surface area (Å²) in [4.78, 5) is 32.5. The standard InChI is InChI=1S/C15H22N2O.C2H2O4/c1-12-5-6-13(2)14(11-12)16-15(18)7-10-17-8-3-4-9-17;3-1(4)2(5)6/h5-6,11H,3-4,7-10H2,1-2H3,(H,16,18);(H,3,4)(H,5,6). The highest BCUT2D eigenvalue weighted by Crippen LogP contribution is 2.16. The molecule has 0 saturated carbocycles. The maximum absolute atomic E-state index is 11.9. The van der Waals surface area contributed by atoms with Gasteiger partial charge in [-0.3, -0.25) is 4.79 Å². The molecule has 7 nitrogen and oxygen atoms in total. The first-order valence-electron chi connectivity index (χ1n) is 7.85. The molecule has 2 rings (SSSR count). The third-order valence-corrected chi connectivity index (χ3v) is 3.70. The van der Waals surface area contributed by atoms with Crippen molar-refractivity contribution in [3.63, 3.8) is 0 Å². The Morgan fingerprint density at radius 3 is 2.21 bits per heavy atom. The van der Waals surface area contributed by atoms with Gasteiger partial charge in [0.15, 0.2) is 0 Å². The van der Waals surface area contributed by atoms with E-state index >= 15 is 0 Å². The second-order valence-corrected chi connectivity index (χ2v) is 5.78. The second kappa shape index (κ2) is 9.67. The van der Waals surface area contributed by atoms with Crippen molar-refractivity contribution in [3.8, 4) is 0 Å². The zero-order chi connectivity index (χ0) is 18.1. The van der Waals surface area contributed by atoms with Crippen LogP contribution in [0.1, 0.15) is 30.4 Å². The Hall–Kier alpha value is -2.41. The molecular weight excluding hydrogens is 312 g/mol. The minimum absolute atomic E-state index is 0.121. The van der Waals surface area contributed by atoms with Gasteiger partial charge in [0.05, 0.1) is 0 Å². The summed E-state index contributed by atoms with van der Waals surface area (Å²) in [6.07, 6.45) is 3.14. The van der Waals surface area contributed by atoms with Crippen molar-refractivity contribution < 1.29 is 24.6 Å². The lowest BCUT2D eigenvalue weighted by atomic mass is 10.1. The molecule has 1 aliphatic rings. The first kappa shape index (κ1) is 19.6. The van der Waals surface area contributed by atoms with Gasteiger partial charge in [-0.05, 0) is 57.0 Å². The van der Waals surface area contributed by atoms with Crippen LogP contribution in [0.3, 0.4) is 0 Å². The van der Waals surface area contributed by atoms with Crippen LogP contribution >= 0.6 is 0 Å². The molecule has 3 N–H and O–H groups in total. The van der Waals surface area contributed by atoms with Crippen LogP contribution in [0.15, 0.2) is 18.2 Å². The number of likely N-dealkylation sites (tertiary alicyclic amines) is 1. The average Bonchev–Trinajstić information content (AvgIpc) is 3.03. The van der Waals surface area contributed by atoms with Crippen molar-refractivity contribution in [2.75, 3.05) is 25.0 Å². The van der Waals surface area contributed by atoms with E-state index in [0.717, 1.165) is 30.9 Å². The van der Waals surface area contributed by atoms with E-state index in [1.165, 1.54) is 18.4 Å². The van der Waals surface area contributed by atoms with E-state index < -0.39 is 11.9 Å². The van der Waals surface area contributed by atoms with Crippen LogP contribution in [-0.2, 0) is 14.4 Å². The van der Waals surface area contributed by atoms with Crippen LogP contribution in [0.2, 0.25) is 0 Å². The molecule has 1 saturated heterocycles. The van der Waals surface area contributed by atoms with E-state index in [1.54, 1.807) is 0 Å². The number of anilines is 1. The number of hydrogen-bond acceptors (Lipinski definition) is 4. The molecule has 0 radical (unpaired) electrons. The lowest BCUT2D eigenvalue weighted by molar-refractivity contribution is -0.159. The van der Waals surface area contributed by atoms with E-state index in [9.17, 15) is 4.79 Å². The summed E-state index contributed by atoms with van der Waals surface area (Å²) in [7, 11) is 0. The monoisotopic (exact) mass is 336 g/mol. The number of hydrogen-bond donors (Lipinski definition) is 3. The maximum Gasteiger partial charge on any atom is 0.414 e. The van der Waals surface area contributed by atoms with E-state index in [1.807, 2.05) is 26.0 Å². The third kappa shape index (κ3) is 7.23. The summed E-state index contributed by atoms with van der Waals surface area (Å²) in [6.45, 7) is 7.25. The predicted molar refractivity (Wildman–Crippen MR) is 90.1 cm³/mol. The fourth-order valence-corrected chi connectivity index (χ4v) is 2.35. The van der Waals surface area contributed by atoms with Crippen LogP contribution in [0.5, 0.6) is 0 Å². The molecule has 1 amide bonds. The van der Waals surface area contributed by atoms with Crippen LogP contribution in [0, 0.1) is 13.8 Å². The normalized spacial score (nSPS) is 13.8. The summed E-state index contributed by atoms with van der Waals surface area (Å²) < 4.78 is 0. The van der Waals surface area contributed by atoms with Crippen LogP contribution in [0.25, 0.3) is 0 Å². The van der Waals surface area contributed by atoms with Gasteiger partial charge in [-0.25, -0.2) is 9.59 Å². The number of aliphatic carboxylic acids is 2. The SMILES string of the molecule is Cc1ccc(C)c(NC(=O)CCN2CCCC2)c1.O=C(O)C(=O)O. The van der Waals surface area contributed by atoms with Gasteiger partial charge in [0.25, 0.3) is 0 Å². The number of carboxylic acids is 2. The molecule has 1 heterocycles. The van der Waals surface area contributed by atoms with Crippen molar-refractivity contribution in [2.45, 2.75) is 33.1 Å². The highest BCUT2D eigenvalue weighted by molar-refractivity contribution is 6.27. The molecule has 0 bridgehead atoms. The first-order chi connectivity index (χ1) is 11.3. The van der Waals surface area contributed by atoms with Gasteiger partial charge < -0.3 is 20.4 Å². The minimum Gasteiger partial charge on any atom is -0.473 e. The number of benzene rings is 1. The van der Waals surface area contributed by atoms with Crippen LogP contribution in [0.4, 0.5) is 5.69 Å². The fraction of sp³-hybridized carbons (Fsp3) is 0.471. The van der Waals surface area contributed by atoms with Crippen LogP contribution in [-0.4, -0.2) is 52.6 Å². The summed E-state index contributed by atoms with van der Waals surface area (Å²) >= 11 is 0. The summed E-state index contributed by atoms with van der Waals surface area (Å²) in [6, 6.07) is 6.14. The summed E-state index contributed by atoms with van der Waals surface area (Å²) in [5.74, 6) is -3.53. The number of rotatable bonds is 4. The Morgan fingerprint density at radius 1 is 1.08 bits per heavy atom. The molecular formula is C17H24N2O5. The maximum atomic E-state index is 11.9. The number of carbonyl (C=O) groups is 3. The zero-order valence-corrected chi connectivity index (χ0v) is 14.0. The number of nitrogens with one attached hydrogen (secondary N) is 1. The van der Waals surface area contributed by atoms with Crippen molar-refractivity contribution >= 4 is 23.5 Å². The second-order valence-electron chi connectivity index (χ2n) is 5.78. The quantitative estimate of drug-likeness (QED) is 0.725. The predicted octanol–water partition coefficient (Wildman–Crippen LogP) is 1.88. The van der Waals surface area contributed by atoms with Gasteiger partial charge in [-0.1, -0.05) is 12.1 Å². The van der Waals surface area contributed by atoms with Gasteiger partial charge in [0.1, 0.15) is 0 Å². The van der Waals surface area contributed by atoms with Crippen molar-refractivity contribution in [1.29, 1.82) is 0 Å². The molecule has 0 aromatic heterocycles. The Morgan fingerprint density at radius 2 is 1.67 bits per heavy atom. The average molecular weight is 336 g/mol. The molecule has 0 aliphatic carbocycles. The lowest BCUT2D eigenvalue weighted by Crippen LogP contribution is -2.25. The van der Waals surface area contributed by atoms with Crippen molar-refractivity contribution in [1.82, 2.24) is 4.90 Å². The molecule has 1 aliphatic heterocycles. The molecule has 0 spiro atoms. The van der Waals surface area contributed by atoms with Gasteiger partial charge in [-0.15, -0.1) is 0 Å².